The van der Waals surface area contributed by atoms with Gasteiger partial charge in [-0.2, -0.15) is 0 Å². The summed E-state index contributed by atoms with van der Waals surface area (Å²) in [6.07, 6.45) is 2.70. The first-order valence-electron chi connectivity index (χ1n) is 6.10. The van der Waals surface area contributed by atoms with Crippen molar-refractivity contribution in [1.29, 1.82) is 0 Å². The topological polar surface area (TPSA) is 96.5 Å². The van der Waals surface area contributed by atoms with E-state index in [1.165, 1.54) is 17.4 Å². The zero-order chi connectivity index (χ0) is 15.2. The summed E-state index contributed by atoms with van der Waals surface area (Å²) in [5.74, 6) is -1.11. The molecule has 1 heterocycles. The average Bonchev–Trinajstić information content (AvgIpc) is 3.00. The van der Waals surface area contributed by atoms with Crippen molar-refractivity contribution in [2.75, 3.05) is 13.1 Å². The smallest absolute Gasteiger partial charge is 0.323 e. The van der Waals surface area contributed by atoms with Crippen LogP contribution < -0.4 is 0 Å². The van der Waals surface area contributed by atoms with Gasteiger partial charge in [0.2, 0.25) is 12.3 Å². The van der Waals surface area contributed by atoms with E-state index in [1.54, 1.807) is 24.3 Å². The quantitative estimate of drug-likeness (QED) is 0.808. The highest BCUT2D eigenvalue weighted by Crippen LogP contribution is 2.17. The molecule has 21 heavy (non-hydrogen) atoms. The lowest BCUT2D eigenvalue weighted by Gasteiger charge is -2.18. The van der Waals surface area contributed by atoms with Crippen LogP contribution in [0.4, 0.5) is 0 Å². The molecule has 0 atom stereocenters. The van der Waals surface area contributed by atoms with Gasteiger partial charge >= 0.3 is 5.97 Å². The second-order valence-electron chi connectivity index (χ2n) is 4.19. The Labute approximate surface area is 120 Å². The highest BCUT2D eigenvalue weighted by Gasteiger charge is 2.17. The third kappa shape index (κ3) is 3.53. The van der Waals surface area contributed by atoms with Crippen LogP contribution in [0, 0.1) is 0 Å². The molecule has 0 aliphatic heterocycles. The van der Waals surface area contributed by atoms with Crippen LogP contribution in [0.5, 0.6) is 0 Å². The van der Waals surface area contributed by atoms with Crippen molar-refractivity contribution < 1.29 is 19.1 Å². The van der Waals surface area contributed by atoms with Gasteiger partial charge in [-0.3, -0.25) is 9.59 Å². The fraction of sp³-hybridized carbons (Fsp3) is 0.143. The predicted octanol–water partition coefficient (Wildman–Crippen LogP) is 1.45. The van der Waals surface area contributed by atoms with Crippen LogP contribution in [0.2, 0.25) is 0 Å². The molecule has 0 aliphatic carbocycles. The molecule has 0 fully saturated rings. The van der Waals surface area contributed by atoms with Gasteiger partial charge in [0.15, 0.2) is 0 Å². The summed E-state index contributed by atoms with van der Waals surface area (Å²) in [7, 11) is 0. The maximum atomic E-state index is 12.2. The van der Waals surface area contributed by atoms with Crippen LogP contribution >= 0.6 is 0 Å². The van der Waals surface area contributed by atoms with E-state index in [9.17, 15) is 9.59 Å². The van der Waals surface area contributed by atoms with Crippen molar-refractivity contribution in [3.05, 3.63) is 48.9 Å². The maximum Gasteiger partial charge on any atom is 0.323 e. The number of aliphatic carboxylic acids is 1. The molecule has 1 aromatic carbocycles. The molecular weight excluding hydrogens is 274 g/mol. The second kappa shape index (κ2) is 6.47. The fourth-order valence-corrected chi connectivity index (χ4v) is 1.78. The lowest BCUT2D eigenvalue weighted by molar-refractivity contribution is -0.137. The third-order valence-electron chi connectivity index (χ3n) is 2.70. The van der Waals surface area contributed by atoms with Crippen molar-refractivity contribution in [3.63, 3.8) is 0 Å². The summed E-state index contributed by atoms with van der Waals surface area (Å²) in [6, 6.07) is 6.49. The Balaban J connectivity index is 2.18. The van der Waals surface area contributed by atoms with E-state index in [0.717, 1.165) is 0 Å². The van der Waals surface area contributed by atoms with E-state index in [-0.39, 0.29) is 19.0 Å². The third-order valence-corrected chi connectivity index (χ3v) is 2.70. The summed E-state index contributed by atoms with van der Waals surface area (Å²) in [5, 5.41) is 16.2. The van der Waals surface area contributed by atoms with Crippen molar-refractivity contribution >= 4 is 11.9 Å². The van der Waals surface area contributed by atoms with Gasteiger partial charge in [-0.1, -0.05) is 6.08 Å². The van der Waals surface area contributed by atoms with Crippen molar-refractivity contribution in [1.82, 2.24) is 15.1 Å². The highest BCUT2D eigenvalue weighted by molar-refractivity contribution is 5.96. The first-order valence-corrected chi connectivity index (χ1v) is 6.10. The van der Waals surface area contributed by atoms with Crippen LogP contribution in [-0.2, 0) is 4.79 Å². The van der Waals surface area contributed by atoms with Crippen LogP contribution in [0.15, 0.2) is 47.7 Å². The minimum atomic E-state index is -1.08. The molecule has 0 aliphatic rings. The standard InChI is InChI=1S/C14H13N3O4/c1-2-7-17(8-12(18)19)14(20)11-5-3-10(4-6-11)13-16-15-9-21-13/h2-6,9H,1,7-8H2,(H,18,19). The molecule has 108 valence electrons. The molecule has 2 rings (SSSR count). The van der Waals surface area contributed by atoms with E-state index in [2.05, 4.69) is 16.8 Å². The Morgan fingerprint density at radius 2 is 2.05 bits per heavy atom. The number of carbonyl (C=O) groups is 2. The summed E-state index contributed by atoms with van der Waals surface area (Å²) in [6.45, 7) is 3.30. The van der Waals surface area contributed by atoms with E-state index >= 15 is 0 Å². The molecule has 0 bridgehead atoms. The van der Waals surface area contributed by atoms with Gasteiger partial charge in [-0.05, 0) is 24.3 Å². The molecule has 1 amide bonds. The summed E-state index contributed by atoms with van der Waals surface area (Å²) in [5.41, 5.74) is 1.05. The monoisotopic (exact) mass is 287 g/mol. The van der Waals surface area contributed by atoms with Crippen LogP contribution in [-0.4, -0.2) is 45.2 Å². The Bertz CT molecular complexity index is 635. The normalized spacial score (nSPS) is 10.1. The number of benzene rings is 1. The minimum Gasteiger partial charge on any atom is -0.480 e. The van der Waals surface area contributed by atoms with Crippen molar-refractivity contribution in [2.45, 2.75) is 0 Å². The molecule has 0 unspecified atom stereocenters. The highest BCUT2D eigenvalue weighted by atomic mass is 16.4. The summed E-state index contributed by atoms with van der Waals surface area (Å²) in [4.78, 5) is 24.2. The number of hydrogen-bond acceptors (Lipinski definition) is 5. The molecule has 7 nitrogen and oxygen atoms in total. The summed E-state index contributed by atoms with van der Waals surface area (Å²) < 4.78 is 5.05. The predicted molar refractivity (Wildman–Crippen MR) is 73.5 cm³/mol. The van der Waals surface area contributed by atoms with Gasteiger partial charge in [-0.15, -0.1) is 16.8 Å². The second-order valence-corrected chi connectivity index (χ2v) is 4.19. The number of aromatic nitrogens is 2. The largest absolute Gasteiger partial charge is 0.480 e. The number of carboxylic acid groups (broad SMARTS) is 1. The van der Waals surface area contributed by atoms with Gasteiger partial charge in [0.05, 0.1) is 0 Å². The fourth-order valence-electron chi connectivity index (χ4n) is 1.78. The number of hydrogen-bond donors (Lipinski definition) is 1. The molecule has 1 aromatic heterocycles. The van der Waals surface area contributed by atoms with Gasteiger partial charge < -0.3 is 14.4 Å². The molecular formula is C14H13N3O4. The minimum absolute atomic E-state index is 0.163. The van der Waals surface area contributed by atoms with Crippen molar-refractivity contribution in [3.8, 4) is 11.5 Å². The zero-order valence-corrected chi connectivity index (χ0v) is 11.1. The Kier molecular flexibility index (Phi) is 4.45. The van der Waals surface area contributed by atoms with Gasteiger partial charge in [0.1, 0.15) is 6.54 Å². The zero-order valence-electron chi connectivity index (χ0n) is 11.1. The SMILES string of the molecule is C=CCN(CC(=O)O)C(=O)c1ccc(-c2nnco2)cc1. The molecule has 1 N–H and O–H groups in total. The first kappa shape index (κ1) is 14.4. The Morgan fingerprint density at radius 1 is 1.33 bits per heavy atom. The number of carbonyl (C=O) groups excluding carboxylic acids is 1. The molecule has 0 radical (unpaired) electrons. The molecule has 7 heteroatoms. The Morgan fingerprint density at radius 3 is 2.57 bits per heavy atom. The van der Waals surface area contributed by atoms with Crippen LogP contribution in [0.25, 0.3) is 11.5 Å². The molecule has 0 spiro atoms. The lowest BCUT2D eigenvalue weighted by Crippen LogP contribution is -2.35. The van der Waals surface area contributed by atoms with Gasteiger partial charge in [0, 0.05) is 17.7 Å². The van der Waals surface area contributed by atoms with Crippen LogP contribution in [0.3, 0.4) is 0 Å². The number of rotatable bonds is 6. The van der Waals surface area contributed by atoms with E-state index in [0.29, 0.717) is 17.0 Å². The Hall–Kier alpha value is -2.96. The van der Waals surface area contributed by atoms with E-state index < -0.39 is 5.97 Å². The van der Waals surface area contributed by atoms with Crippen molar-refractivity contribution in [2.24, 2.45) is 0 Å². The van der Waals surface area contributed by atoms with Crippen LogP contribution in [0.1, 0.15) is 10.4 Å². The first-order chi connectivity index (χ1) is 10.1. The molecule has 0 saturated heterocycles. The van der Waals surface area contributed by atoms with Gasteiger partial charge in [0.25, 0.3) is 5.91 Å². The van der Waals surface area contributed by atoms with E-state index in [4.69, 9.17) is 9.52 Å². The number of nitrogens with zero attached hydrogens (tertiary/aromatic N) is 3. The molecule has 2 aromatic rings. The van der Waals surface area contributed by atoms with E-state index in [1.807, 2.05) is 0 Å². The van der Waals surface area contributed by atoms with Gasteiger partial charge in [-0.25, -0.2) is 0 Å². The lowest BCUT2D eigenvalue weighted by atomic mass is 10.1. The maximum absolute atomic E-state index is 12.2. The number of carboxylic acids is 1. The average molecular weight is 287 g/mol. The summed E-state index contributed by atoms with van der Waals surface area (Å²) >= 11 is 0. The molecule has 0 saturated carbocycles. The number of amides is 1.